The van der Waals surface area contributed by atoms with Crippen molar-refractivity contribution in [1.29, 1.82) is 0 Å². The van der Waals surface area contributed by atoms with Gasteiger partial charge in [0.1, 0.15) is 5.76 Å². The van der Waals surface area contributed by atoms with Crippen LogP contribution in [0.15, 0.2) is 27.4 Å². The van der Waals surface area contributed by atoms with Gasteiger partial charge in [-0.15, -0.1) is 0 Å². The van der Waals surface area contributed by atoms with Crippen molar-refractivity contribution in [2.75, 3.05) is 6.54 Å². The minimum Gasteiger partial charge on any atom is -0.361 e. The summed E-state index contributed by atoms with van der Waals surface area (Å²) in [5, 5.41) is 10.7. The van der Waals surface area contributed by atoms with Crippen LogP contribution in [-0.4, -0.2) is 17.6 Å². The van der Waals surface area contributed by atoms with Crippen molar-refractivity contribution >= 4 is 17.2 Å². The van der Waals surface area contributed by atoms with E-state index in [-0.39, 0.29) is 11.3 Å². The Labute approximate surface area is 110 Å². The highest BCUT2D eigenvalue weighted by Gasteiger charge is 2.22. The third-order valence-corrected chi connectivity index (χ3v) is 3.54. The van der Waals surface area contributed by atoms with Crippen molar-refractivity contribution in [2.24, 2.45) is 0 Å². The van der Waals surface area contributed by atoms with Gasteiger partial charge in [0, 0.05) is 18.0 Å². The molecular formula is C13H16N2O2S. The first-order chi connectivity index (χ1) is 8.49. The molecule has 2 heterocycles. The number of carbonyl (C=O) groups is 1. The number of amides is 1. The molecule has 0 unspecified atom stereocenters. The molecule has 0 aromatic carbocycles. The monoisotopic (exact) mass is 264 g/mol. The molecule has 0 aliphatic rings. The van der Waals surface area contributed by atoms with E-state index < -0.39 is 0 Å². The Morgan fingerprint density at radius 3 is 2.89 bits per heavy atom. The number of hydrogen-bond donors (Lipinski definition) is 1. The van der Waals surface area contributed by atoms with Gasteiger partial charge in [-0.05, 0) is 29.3 Å². The van der Waals surface area contributed by atoms with E-state index in [1.807, 2.05) is 5.38 Å². The van der Waals surface area contributed by atoms with Crippen LogP contribution in [0.25, 0.3) is 0 Å². The molecule has 96 valence electrons. The highest BCUT2D eigenvalue weighted by Crippen LogP contribution is 2.24. The second-order valence-electron chi connectivity index (χ2n) is 4.90. The van der Waals surface area contributed by atoms with Crippen molar-refractivity contribution in [3.05, 3.63) is 39.9 Å². The molecule has 0 radical (unpaired) electrons. The number of carbonyl (C=O) groups excluding carboxylic acids is 1. The average Bonchev–Trinajstić information content (AvgIpc) is 2.96. The Morgan fingerprint density at radius 1 is 1.56 bits per heavy atom. The van der Waals surface area contributed by atoms with Gasteiger partial charge in [0.05, 0.1) is 0 Å². The molecule has 5 heteroatoms. The molecule has 0 aliphatic carbocycles. The minimum atomic E-state index is -0.199. The second kappa shape index (κ2) is 4.94. The molecule has 1 N–H and O–H groups in total. The van der Waals surface area contributed by atoms with Gasteiger partial charge >= 0.3 is 0 Å². The van der Waals surface area contributed by atoms with Crippen LogP contribution in [0.2, 0.25) is 0 Å². The average molecular weight is 264 g/mol. The number of aromatic nitrogens is 1. The lowest BCUT2D eigenvalue weighted by atomic mass is 9.86. The summed E-state index contributed by atoms with van der Waals surface area (Å²) in [4.78, 5) is 11.8. The Kier molecular flexibility index (Phi) is 3.52. The molecule has 0 spiro atoms. The molecule has 1 amide bonds. The smallest absolute Gasteiger partial charge is 0.273 e. The summed E-state index contributed by atoms with van der Waals surface area (Å²) < 4.78 is 4.88. The van der Waals surface area contributed by atoms with Crippen LogP contribution in [0.4, 0.5) is 0 Å². The minimum absolute atomic E-state index is 0.0888. The lowest BCUT2D eigenvalue weighted by Crippen LogP contribution is -2.36. The van der Waals surface area contributed by atoms with E-state index in [9.17, 15) is 4.79 Å². The molecule has 2 rings (SSSR count). The zero-order valence-corrected chi connectivity index (χ0v) is 11.5. The van der Waals surface area contributed by atoms with E-state index in [4.69, 9.17) is 4.52 Å². The van der Waals surface area contributed by atoms with Crippen molar-refractivity contribution in [3.8, 4) is 0 Å². The Bertz CT molecular complexity index is 529. The fourth-order valence-electron chi connectivity index (χ4n) is 1.62. The van der Waals surface area contributed by atoms with Crippen LogP contribution in [0.1, 0.15) is 35.7 Å². The van der Waals surface area contributed by atoms with Gasteiger partial charge in [-0.2, -0.15) is 11.3 Å². The Hall–Kier alpha value is -1.62. The summed E-state index contributed by atoms with van der Waals surface area (Å²) in [6, 6.07) is 3.71. The van der Waals surface area contributed by atoms with Crippen LogP contribution in [0.3, 0.4) is 0 Å². The zero-order chi connectivity index (χ0) is 13.2. The number of hydrogen-bond acceptors (Lipinski definition) is 4. The molecule has 0 atom stereocenters. The van der Waals surface area contributed by atoms with Gasteiger partial charge < -0.3 is 9.84 Å². The molecular weight excluding hydrogens is 248 g/mol. The predicted octanol–water partition coefficient (Wildman–Crippen LogP) is 2.75. The molecule has 0 saturated carbocycles. The molecule has 4 nitrogen and oxygen atoms in total. The summed E-state index contributed by atoms with van der Waals surface area (Å²) in [6.45, 7) is 6.53. The van der Waals surface area contributed by atoms with Gasteiger partial charge in [0.15, 0.2) is 5.69 Å². The topological polar surface area (TPSA) is 55.1 Å². The van der Waals surface area contributed by atoms with E-state index in [2.05, 4.69) is 35.8 Å². The molecule has 2 aromatic rings. The Balaban J connectivity index is 1.98. The lowest BCUT2D eigenvalue weighted by Gasteiger charge is -2.23. The zero-order valence-electron chi connectivity index (χ0n) is 10.7. The number of nitrogens with zero attached hydrogens (tertiary/aromatic N) is 1. The summed E-state index contributed by atoms with van der Waals surface area (Å²) >= 11 is 1.66. The maximum absolute atomic E-state index is 11.8. The van der Waals surface area contributed by atoms with Crippen LogP contribution < -0.4 is 5.32 Å². The van der Waals surface area contributed by atoms with Gasteiger partial charge in [0.25, 0.3) is 5.91 Å². The van der Waals surface area contributed by atoms with Crippen LogP contribution >= 0.6 is 11.3 Å². The largest absolute Gasteiger partial charge is 0.361 e. The molecule has 0 bridgehead atoms. The lowest BCUT2D eigenvalue weighted by molar-refractivity contribution is 0.0936. The SMILES string of the molecule is Cc1cc(C(=O)NCC(C)(C)c2ccsc2)no1. The van der Waals surface area contributed by atoms with Gasteiger partial charge in [-0.3, -0.25) is 4.79 Å². The number of thiophene rings is 1. The quantitative estimate of drug-likeness (QED) is 0.923. The number of aryl methyl sites for hydroxylation is 1. The molecule has 0 aliphatic heterocycles. The first-order valence-electron chi connectivity index (χ1n) is 5.73. The van der Waals surface area contributed by atoms with Gasteiger partial charge in [-0.25, -0.2) is 0 Å². The number of nitrogens with one attached hydrogen (secondary N) is 1. The number of rotatable bonds is 4. The van der Waals surface area contributed by atoms with Gasteiger partial charge in [-0.1, -0.05) is 19.0 Å². The highest BCUT2D eigenvalue weighted by molar-refractivity contribution is 7.08. The van der Waals surface area contributed by atoms with Crippen molar-refractivity contribution in [1.82, 2.24) is 10.5 Å². The van der Waals surface area contributed by atoms with Crippen LogP contribution in [0, 0.1) is 6.92 Å². The van der Waals surface area contributed by atoms with Crippen LogP contribution in [-0.2, 0) is 5.41 Å². The van der Waals surface area contributed by atoms with Crippen molar-refractivity contribution in [3.63, 3.8) is 0 Å². The standard InChI is InChI=1S/C13H16N2O2S/c1-9-6-11(15-17-9)12(16)14-8-13(2,3)10-4-5-18-7-10/h4-7H,8H2,1-3H3,(H,14,16). The first kappa shape index (κ1) is 12.8. The Morgan fingerprint density at radius 2 is 2.33 bits per heavy atom. The molecule has 18 heavy (non-hydrogen) atoms. The summed E-state index contributed by atoms with van der Waals surface area (Å²) in [5.41, 5.74) is 1.46. The maximum Gasteiger partial charge on any atom is 0.273 e. The van der Waals surface area contributed by atoms with E-state index in [0.717, 1.165) is 0 Å². The molecule has 0 fully saturated rings. The summed E-state index contributed by atoms with van der Waals surface area (Å²) in [5.74, 6) is 0.437. The second-order valence-corrected chi connectivity index (χ2v) is 5.68. The third kappa shape index (κ3) is 2.79. The van der Waals surface area contributed by atoms with Crippen molar-refractivity contribution < 1.29 is 9.32 Å². The highest BCUT2D eigenvalue weighted by atomic mass is 32.1. The van der Waals surface area contributed by atoms with E-state index in [0.29, 0.717) is 18.0 Å². The van der Waals surface area contributed by atoms with E-state index in [1.165, 1.54) is 5.56 Å². The maximum atomic E-state index is 11.8. The van der Waals surface area contributed by atoms with Crippen LogP contribution in [0.5, 0.6) is 0 Å². The summed E-state index contributed by atoms with van der Waals surface area (Å²) in [6.07, 6.45) is 0. The molecule has 2 aromatic heterocycles. The van der Waals surface area contributed by atoms with Gasteiger partial charge in [0.2, 0.25) is 0 Å². The normalized spacial score (nSPS) is 11.5. The van der Waals surface area contributed by atoms with E-state index >= 15 is 0 Å². The molecule has 0 saturated heterocycles. The van der Waals surface area contributed by atoms with E-state index in [1.54, 1.807) is 24.3 Å². The van der Waals surface area contributed by atoms with Crippen molar-refractivity contribution in [2.45, 2.75) is 26.2 Å². The predicted molar refractivity (Wildman–Crippen MR) is 70.9 cm³/mol. The third-order valence-electron chi connectivity index (χ3n) is 2.85. The first-order valence-corrected chi connectivity index (χ1v) is 6.67. The fourth-order valence-corrected chi connectivity index (χ4v) is 2.46. The summed E-state index contributed by atoms with van der Waals surface area (Å²) in [7, 11) is 0. The fraction of sp³-hybridized carbons (Fsp3) is 0.385.